The first kappa shape index (κ1) is 15.8. The zero-order valence-corrected chi connectivity index (χ0v) is 11.0. The van der Waals surface area contributed by atoms with Gasteiger partial charge in [0, 0.05) is 12.8 Å². The number of carbonyl (C=O) groups excluding carboxylic acids is 3. The van der Waals surface area contributed by atoms with Crippen LogP contribution in [0, 0.1) is 0 Å². The summed E-state index contributed by atoms with van der Waals surface area (Å²) in [6.45, 7) is 7.43. The molecule has 0 heterocycles. The maximum absolute atomic E-state index is 11.8. The fraction of sp³-hybridized carbons (Fsp3) is 0.750. The average molecular weight is 244 g/mol. The Labute approximate surface area is 101 Å². The third-order valence-electron chi connectivity index (χ3n) is 1.86. The number of hydrogen-bond acceptors (Lipinski definition) is 5. The van der Waals surface area contributed by atoms with Gasteiger partial charge < -0.3 is 9.84 Å². The van der Waals surface area contributed by atoms with Gasteiger partial charge in [0.1, 0.15) is 17.2 Å². The van der Waals surface area contributed by atoms with Crippen LogP contribution < -0.4 is 0 Å². The monoisotopic (exact) mass is 244 g/mol. The summed E-state index contributed by atoms with van der Waals surface area (Å²) in [6, 6.07) is 0. The van der Waals surface area contributed by atoms with E-state index in [0.717, 1.165) is 0 Å². The van der Waals surface area contributed by atoms with E-state index >= 15 is 0 Å². The number of Topliss-reactive ketones (excluding diaryl/α,β-unsaturated/α-hetero) is 2. The van der Waals surface area contributed by atoms with E-state index in [-0.39, 0.29) is 11.6 Å². The quantitative estimate of drug-likeness (QED) is 0.730. The van der Waals surface area contributed by atoms with Crippen LogP contribution in [-0.4, -0.2) is 33.8 Å². The van der Waals surface area contributed by atoms with Crippen LogP contribution in [0.25, 0.3) is 0 Å². The van der Waals surface area contributed by atoms with Crippen molar-refractivity contribution in [2.75, 3.05) is 0 Å². The van der Waals surface area contributed by atoms with Gasteiger partial charge >= 0.3 is 5.97 Å². The maximum Gasteiger partial charge on any atom is 0.339 e. The summed E-state index contributed by atoms with van der Waals surface area (Å²) < 4.78 is 5.01. The summed E-state index contributed by atoms with van der Waals surface area (Å²) in [5.74, 6) is -1.69. The molecule has 17 heavy (non-hydrogen) atoms. The molecule has 0 bridgehead atoms. The molecule has 0 aromatic heterocycles. The topological polar surface area (TPSA) is 80.7 Å². The molecule has 0 unspecified atom stereocenters. The van der Waals surface area contributed by atoms with Gasteiger partial charge in [0.2, 0.25) is 0 Å². The van der Waals surface area contributed by atoms with Crippen molar-refractivity contribution in [3.63, 3.8) is 0 Å². The Morgan fingerprint density at radius 2 is 1.35 bits per heavy atom. The zero-order chi connectivity index (χ0) is 13.9. The van der Waals surface area contributed by atoms with E-state index in [4.69, 9.17) is 4.74 Å². The van der Waals surface area contributed by atoms with E-state index in [1.807, 2.05) is 0 Å². The Hall–Kier alpha value is -1.23. The molecule has 0 saturated carbocycles. The smallest absolute Gasteiger partial charge is 0.339 e. The summed E-state index contributed by atoms with van der Waals surface area (Å²) in [4.78, 5) is 33.8. The molecule has 98 valence electrons. The van der Waals surface area contributed by atoms with Gasteiger partial charge in [-0.15, -0.1) is 0 Å². The van der Waals surface area contributed by atoms with Crippen molar-refractivity contribution >= 4 is 17.5 Å². The van der Waals surface area contributed by atoms with Gasteiger partial charge in [-0.1, -0.05) is 0 Å². The number of esters is 1. The van der Waals surface area contributed by atoms with Crippen LogP contribution in [0.1, 0.15) is 47.5 Å². The minimum absolute atomic E-state index is 0.375. The molecule has 5 nitrogen and oxygen atoms in total. The van der Waals surface area contributed by atoms with Gasteiger partial charge in [0.15, 0.2) is 5.60 Å². The van der Waals surface area contributed by atoms with E-state index in [2.05, 4.69) is 0 Å². The molecule has 0 saturated heterocycles. The lowest BCUT2D eigenvalue weighted by Gasteiger charge is -2.28. The Bertz CT molecular complexity index is 308. The van der Waals surface area contributed by atoms with E-state index in [1.54, 1.807) is 20.8 Å². The lowest BCUT2D eigenvalue weighted by Crippen LogP contribution is -2.46. The average Bonchev–Trinajstić information content (AvgIpc) is 1.96. The Morgan fingerprint density at radius 3 is 1.59 bits per heavy atom. The molecule has 0 aromatic carbocycles. The Balaban J connectivity index is 4.97. The molecular formula is C12H20O5. The van der Waals surface area contributed by atoms with Crippen LogP contribution >= 0.6 is 0 Å². The van der Waals surface area contributed by atoms with Crippen LogP contribution in [0.3, 0.4) is 0 Å². The normalized spacial score (nSPS) is 12.1. The number of ketones is 2. The predicted molar refractivity (Wildman–Crippen MR) is 61.4 cm³/mol. The zero-order valence-electron chi connectivity index (χ0n) is 11.0. The van der Waals surface area contributed by atoms with Crippen LogP contribution in [0.15, 0.2) is 0 Å². The highest BCUT2D eigenvalue weighted by Gasteiger charge is 2.41. The number of ether oxygens (including phenoxy) is 1. The molecule has 0 spiro atoms. The van der Waals surface area contributed by atoms with E-state index in [1.165, 1.54) is 13.8 Å². The first-order valence-electron chi connectivity index (χ1n) is 5.41. The summed E-state index contributed by atoms with van der Waals surface area (Å²) in [5.41, 5.74) is -2.83. The first-order chi connectivity index (χ1) is 7.46. The maximum atomic E-state index is 11.8. The number of aliphatic hydroxyl groups is 1. The predicted octanol–water partition coefficient (Wildman–Crippen LogP) is 1.02. The fourth-order valence-electron chi connectivity index (χ4n) is 1.40. The fourth-order valence-corrected chi connectivity index (χ4v) is 1.40. The van der Waals surface area contributed by atoms with Gasteiger partial charge in [-0.25, -0.2) is 4.79 Å². The molecular weight excluding hydrogens is 224 g/mol. The second kappa shape index (κ2) is 5.40. The largest absolute Gasteiger partial charge is 0.458 e. The van der Waals surface area contributed by atoms with E-state index < -0.39 is 30.0 Å². The second-order valence-corrected chi connectivity index (χ2v) is 5.29. The minimum atomic E-state index is -2.05. The van der Waals surface area contributed by atoms with Gasteiger partial charge in [-0.3, -0.25) is 9.59 Å². The van der Waals surface area contributed by atoms with Crippen molar-refractivity contribution < 1.29 is 24.2 Å². The molecule has 0 rings (SSSR count). The highest BCUT2D eigenvalue weighted by atomic mass is 16.6. The van der Waals surface area contributed by atoms with Crippen LogP contribution in [-0.2, 0) is 19.1 Å². The molecule has 0 aliphatic heterocycles. The molecule has 0 aromatic rings. The van der Waals surface area contributed by atoms with Crippen LogP contribution in [0.4, 0.5) is 0 Å². The molecule has 0 radical (unpaired) electrons. The molecule has 0 aliphatic rings. The van der Waals surface area contributed by atoms with Gasteiger partial charge in [0.25, 0.3) is 0 Å². The van der Waals surface area contributed by atoms with Crippen molar-refractivity contribution in [3.8, 4) is 0 Å². The number of carbonyl (C=O) groups is 3. The van der Waals surface area contributed by atoms with Gasteiger partial charge in [0.05, 0.1) is 0 Å². The second-order valence-electron chi connectivity index (χ2n) is 5.29. The SMILES string of the molecule is CC(=O)CC(O)(CC(C)=O)C(=O)OC(C)(C)C. The highest BCUT2D eigenvalue weighted by molar-refractivity contribution is 5.92. The first-order valence-corrected chi connectivity index (χ1v) is 5.41. The van der Waals surface area contributed by atoms with Crippen molar-refractivity contribution in [2.45, 2.75) is 58.7 Å². The Morgan fingerprint density at radius 1 is 1.00 bits per heavy atom. The Kier molecular flexibility index (Phi) is 5.01. The molecule has 0 aliphatic carbocycles. The summed E-state index contributed by atoms with van der Waals surface area (Å²) in [7, 11) is 0. The van der Waals surface area contributed by atoms with Crippen molar-refractivity contribution in [1.29, 1.82) is 0 Å². The lowest BCUT2D eigenvalue weighted by molar-refractivity contribution is -0.180. The van der Waals surface area contributed by atoms with E-state index in [0.29, 0.717) is 0 Å². The van der Waals surface area contributed by atoms with Crippen molar-refractivity contribution in [3.05, 3.63) is 0 Å². The summed E-state index contributed by atoms with van der Waals surface area (Å²) >= 11 is 0. The standard InChI is InChI=1S/C12H20O5/c1-8(13)6-12(16,7-9(2)14)10(15)17-11(3,4)5/h16H,6-7H2,1-5H3. The summed E-state index contributed by atoms with van der Waals surface area (Å²) in [5, 5.41) is 10.1. The third-order valence-corrected chi connectivity index (χ3v) is 1.86. The molecule has 0 amide bonds. The minimum Gasteiger partial charge on any atom is -0.458 e. The number of rotatable bonds is 5. The molecule has 0 atom stereocenters. The van der Waals surface area contributed by atoms with Crippen molar-refractivity contribution in [1.82, 2.24) is 0 Å². The van der Waals surface area contributed by atoms with Gasteiger partial charge in [-0.2, -0.15) is 0 Å². The number of hydrogen-bond donors (Lipinski definition) is 1. The third kappa shape index (κ3) is 6.16. The molecule has 0 fully saturated rings. The van der Waals surface area contributed by atoms with Crippen LogP contribution in [0.2, 0.25) is 0 Å². The molecule has 5 heteroatoms. The molecule has 1 N–H and O–H groups in total. The van der Waals surface area contributed by atoms with Crippen LogP contribution in [0.5, 0.6) is 0 Å². The lowest BCUT2D eigenvalue weighted by atomic mass is 9.91. The van der Waals surface area contributed by atoms with Crippen molar-refractivity contribution in [2.24, 2.45) is 0 Å². The van der Waals surface area contributed by atoms with E-state index in [9.17, 15) is 19.5 Å². The highest BCUT2D eigenvalue weighted by Crippen LogP contribution is 2.22. The van der Waals surface area contributed by atoms with Gasteiger partial charge in [-0.05, 0) is 34.6 Å². The summed E-state index contributed by atoms with van der Waals surface area (Å²) in [6.07, 6.45) is -0.830.